The summed E-state index contributed by atoms with van der Waals surface area (Å²) in [5.41, 5.74) is 2.99. The van der Waals surface area contributed by atoms with Gasteiger partial charge in [0.15, 0.2) is 0 Å². The van der Waals surface area contributed by atoms with Crippen LogP contribution in [0.3, 0.4) is 0 Å². The fourth-order valence-corrected chi connectivity index (χ4v) is 3.01. The number of methoxy groups -OCH3 is 1. The van der Waals surface area contributed by atoms with Crippen LogP contribution in [-0.4, -0.2) is 7.11 Å². The van der Waals surface area contributed by atoms with Crippen LogP contribution in [0.4, 0.5) is 4.39 Å². The summed E-state index contributed by atoms with van der Waals surface area (Å²) in [6, 6.07) is 10.8. The average molecular weight is 388 g/mol. The number of halogens is 3. The van der Waals surface area contributed by atoms with E-state index in [9.17, 15) is 4.39 Å². The van der Waals surface area contributed by atoms with Gasteiger partial charge >= 0.3 is 0 Å². The van der Waals surface area contributed by atoms with Crippen LogP contribution >= 0.6 is 31.9 Å². The molecule has 100 valence electrons. The maximum absolute atomic E-state index is 13.4. The maximum Gasteiger partial charge on any atom is 0.124 e. The van der Waals surface area contributed by atoms with Crippen LogP contribution in [-0.2, 0) is 0 Å². The summed E-state index contributed by atoms with van der Waals surface area (Å²) in [7, 11) is 1.65. The van der Waals surface area contributed by atoms with Crippen LogP contribution in [0.1, 0.15) is 21.5 Å². The molecule has 0 radical (unpaired) electrons. The first-order chi connectivity index (χ1) is 9.01. The van der Waals surface area contributed by atoms with E-state index in [1.54, 1.807) is 7.11 Å². The fraction of sp³-hybridized carbons (Fsp3) is 0.200. The zero-order valence-corrected chi connectivity index (χ0v) is 13.8. The van der Waals surface area contributed by atoms with Gasteiger partial charge in [0.2, 0.25) is 0 Å². The molecule has 0 N–H and O–H groups in total. The first kappa shape index (κ1) is 14.5. The number of benzene rings is 2. The Balaban J connectivity index is 2.38. The van der Waals surface area contributed by atoms with Gasteiger partial charge < -0.3 is 4.74 Å². The van der Waals surface area contributed by atoms with Crippen molar-refractivity contribution in [3.63, 3.8) is 0 Å². The molecule has 1 unspecified atom stereocenters. The largest absolute Gasteiger partial charge is 0.496 e. The van der Waals surface area contributed by atoms with Gasteiger partial charge in [0.05, 0.1) is 11.9 Å². The zero-order chi connectivity index (χ0) is 14.0. The highest BCUT2D eigenvalue weighted by molar-refractivity contribution is 9.10. The summed E-state index contributed by atoms with van der Waals surface area (Å²) in [5, 5.41) is 0. The predicted octanol–water partition coefficient (Wildman–Crippen LogP) is 5.39. The van der Waals surface area contributed by atoms with Crippen LogP contribution in [0.2, 0.25) is 0 Å². The molecule has 2 aromatic rings. The maximum atomic E-state index is 13.4. The lowest BCUT2D eigenvalue weighted by Gasteiger charge is -2.14. The summed E-state index contributed by atoms with van der Waals surface area (Å²) >= 11 is 6.93. The molecule has 0 aliphatic carbocycles. The summed E-state index contributed by atoms with van der Waals surface area (Å²) < 4.78 is 19.4. The van der Waals surface area contributed by atoms with Crippen molar-refractivity contribution in [1.29, 1.82) is 0 Å². The van der Waals surface area contributed by atoms with E-state index in [1.807, 2.05) is 31.2 Å². The lowest BCUT2D eigenvalue weighted by Crippen LogP contribution is -1.96. The van der Waals surface area contributed by atoms with Gasteiger partial charge in [-0.2, -0.15) is 0 Å². The quantitative estimate of drug-likeness (QED) is 0.641. The molecule has 2 rings (SSSR count). The second-order valence-corrected chi connectivity index (χ2v) is 6.13. The Morgan fingerprint density at radius 2 is 1.84 bits per heavy atom. The minimum atomic E-state index is -0.251. The molecule has 0 aliphatic rings. The van der Waals surface area contributed by atoms with Crippen molar-refractivity contribution in [1.82, 2.24) is 0 Å². The second kappa shape index (κ2) is 6.06. The Bertz CT molecular complexity index is 578. The Hall–Kier alpha value is -0.870. The zero-order valence-electron chi connectivity index (χ0n) is 10.6. The molecular formula is C15H13Br2FO. The molecule has 0 aromatic heterocycles. The van der Waals surface area contributed by atoms with Crippen molar-refractivity contribution in [3.8, 4) is 5.75 Å². The summed E-state index contributed by atoms with van der Waals surface area (Å²) in [6.45, 7) is 1.99. The molecule has 0 fully saturated rings. The third-order valence-electron chi connectivity index (χ3n) is 2.89. The van der Waals surface area contributed by atoms with E-state index in [1.165, 1.54) is 12.1 Å². The Kier molecular flexibility index (Phi) is 4.63. The van der Waals surface area contributed by atoms with Crippen molar-refractivity contribution in [2.45, 2.75) is 11.8 Å². The minimum absolute atomic E-state index is 0.0518. The summed E-state index contributed by atoms with van der Waals surface area (Å²) in [6.07, 6.45) is 0. The Labute approximate surface area is 129 Å². The lowest BCUT2D eigenvalue weighted by molar-refractivity contribution is 0.411. The summed E-state index contributed by atoms with van der Waals surface area (Å²) in [5.74, 6) is 0.600. The topological polar surface area (TPSA) is 9.23 Å². The number of alkyl halides is 1. The molecule has 2 aromatic carbocycles. The van der Waals surface area contributed by atoms with Crippen molar-refractivity contribution >= 4 is 31.9 Å². The van der Waals surface area contributed by atoms with E-state index in [0.717, 1.165) is 26.9 Å². The van der Waals surface area contributed by atoms with Gasteiger partial charge in [-0.25, -0.2) is 4.39 Å². The molecule has 1 atom stereocenters. The van der Waals surface area contributed by atoms with Crippen molar-refractivity contribution in [2.24, 2.45) is 0 Å². The van der Waals surface area contributed by atoms with Gasteiger partial charge in [-0.3, -0.25) is 0 Å². The molecule has 19 heavy (non-hydrogen) atoms. The van der Waals surface area contributed by atoms with Gasteiger partial charge in [-0.1, -0.05) is 44.0 Å². The number of aryl methyl sites for hydroxylation is 1. The second-order valence-electron chi connectivity index (χ2n) is 4.29. The third kappa shape index (κ3) is 3.37. The van der Waals surface area contributed by atoms with Gasteiger partial charge in [0, 0.05) is 4.47 Å². The van der Waals surface area contributed by atoms with E-state index < -0.39 is 0 Å². The highest BCUT2D eigenvalue weighted by Gasteiger charge is 2.13. The molecule has 0 aliphatic heterocycles. The Morgan fingerprint density at radius 1 is 1.11 bits per heavy atom. The molecule has 0 amide bonds. The molecule has 1 nitrogen and oxygen atoms in total. The van der Waals surface area contributed by atoms with Crippen LogP contribution in [0, 0.1) is 12.7 Å². The first-order valence-electron chi connectivity index (χ1n) is 5.76. The van der Waals surface area contributed by atoms with Crippen LogP contribution in [0.25, 0.3) is 0 Å². The molecule has 0 saturated heterocycles. The standard InChI is InChI=1S/C15H13Br2FO/c1-9-5-10(3-4-14(9)19-2)15(17)11-6-12(16)8-13(18)7-11/h3-8,15H,1-2H3. The van der Waals surface area contributed by atoms with E-state index in [0.29, 0.717) is 0 Å². The average Bonchev–Trinajstić information content (AvgIpc) is 2.36. The van der Waals surface area contributed by atoms with E-state index >= 15 is 0 Å². The molecule has 4 heteroatoms. The fourth-order valence-electron chi connectivity index (χ4n) is 1.97. The van der Waals surface area contributed by atoms with E-state index in [2.05, 4.69) is 31.9 Å². The van der Waals surface area contributed by atoms with Crippen LogP contribution in [0.15, 0.2) is 40.9 Å². The SMILES string of the molecule is COc1ccc(C(Br)c2cc(F)cc(Br)c2)cc1C. The number of ether oxygens (including phenoxy) is 1. The van der Waals surface area contributed by atoms with Gasteiger partial charge in [0.25, 0.3) is 0 Å². The monoisotopic (exact) mass is 386 g/mol. The third-order valence-corrected chi connectivity index (χ3v) is 4.40. The van der Waals surface area contributed by atoms with E-state index in [4.69, 9.17) is 4.74 Å². The number of rotatable bonds is 3. The smallest absolute Gasteiger partial charge is 0.124 e. The molecule has 0 heterocycles. The minimum Gasteiger partial charge on any atom is -0.496 e. The first-order valence-corrected chi connectivity index (χ1v) is 7.46. The van der Waals surface area contributed by atoms with Crippen molar-refractivity contribution in [3.05, 3.63) is 63.4 Å². The summed E-state index contributed by atoms with van der Waals surface area (Å²) in [4.78, 5) is -0.0518. The van der Waals surface area contributed by atoms with Gasteiger partial charge in [0.1, 0.15) is 11.6 Å². The molecule has 0 saturated carbocycles. The van der Waals surface area contributed by atoms with Crippen molar-refractivity contribution in [2.75, 3.05) is 7.11 Å². The Morgan fingerprint density at radius 3 is 2.42 bits per heavy atom. The van der Waals surface area contributed by atoms with Crippen LogP contribution in [0.5, 0.6) is 5.75 Å². The molecule has 0 bridgehead atoms. The molecular weight excluding hydrogens is 375 g/mol. The molecule has 0 spiro atoms. The van der Waals surface area contributed by atoms with Gasteiger partial charge in [-0.05, 0) is 47.9 Å². The van der Waals surface area contributed by atoms with Gasteiger partial charge in [-0.15, -0.1) is 0 Å². The van der Waals surface area contributed by atoms with E-state index in [-0.39, 0.29) is 10.6 Å². The normalized spacial score (nSPS) is 12.3. The van der Waals surface area contributed by atoms with Crippen molar-refractivity contribution < 1.29 is 9.13 Å². The number of hydrogen-bond acceptors (Lipinski definition) is 1. The highest BCUT2D eigenvalue weighted by Crippen LogP contribution is 2.34. The highest BCUT2D eigenvalue weighted by atomic mass is 79.9. The van der Waals surface area contributed by atoms with Crippen LogP contribution < -0.4 is 4.74 Å². The lowest BCUT2D eigenvalue weighted by atomic mass is 10.0. The predicted molar refractivity (Wildman–Crippen MR) is 82.6 cm³/mol. The number of hydrogen-bond donors (Lipinski definition) is 0.